The Morgan fingerprint density at radius 3 is 2.37 bits per heavy atom. The summed E-state index contributed by atoms with van der Waals surface area (Å²) >= 11 is 0. The van der Waals surface area contributed by atoms with Crippen LogP contribution in [0, 0.1) is 17.8 Å². The minimum Gasteiger partial charge on any atom is -0.464 e. The number of Topliss-reactive ketones (excluding diaryl/α,β-unsaturated/α-hetero) is 2. The first-order valence-corrected chi connectivity index (χ1v) is 17.5. The first-order valence-electron chi connectivity index (χ1n) is 17.5. The van der Waals surface area contributed by atoms with E-state index in [1.807, 2.05) is 24.3 Å². The number of anilines is 1. The molecule has 3 atom stereocenters. The number of hydrogen-bond donors (Lipinski definition) is 4. The zero-order valence-corrected chi connectivity index (χ0v) is 28.1. The molecule has 15 heteroatoms. The molecule has 51 heavy (non-hydrogen) atoms. The number of amides is 4. The van der Waals surface area contributed by atoms with E-state index in [2.05, 4.69) is 20.4 Å². The van der Waals surface area contributed by atoms with Crippen LogP contribution < -0.4 is 15.5 Å². The number of hydrogen-bond acceptors (Lipinski definition) is 11. The summed E-state index contributed by atoms with van der Waals surface area (Å²) in [6.07, 6.45) is 3.36. The Morgan fingerprint density at radius 1 is 0.922 bits per heavy atom. The lowest BCUT2D eigenvalue weighted by atomic mass is 9.76. The van der Waals surface area contributed by atoms with Crippen LogP contribution >= 0.6 is 0 Å². The van der Waals surface area contributed by atoms with Crippen molar-refractivity contribution in [2.45, 2.75) is 38.0 Å². The first-order chi connectivity index (χ1) is 24.6. The van der Waals surface area contributed by atoms with Crippen LogP contribution in [0.15, 0.2) is 53.1 Å². The monoisotopic (exact) mass is 697 g/mol. The molecule has 266 valence electrons. The minimum atomic E-state index is -1.87. The summed E-state index contributed by atoms with van der Waals surface area (Å²) in [7, 11) is -1.87. The number of carbonyl (C=O) groups excluding carboxylic acids is 6. The molecule has 4 N–H and O–H groups in total. The summed E-state index contributed by atoms with van der Waals surface area (Å²) in [5.74, 6) is -5.91. The van der Waals surface area contributed by atoms with Crippen molar-refractivity contribution in [3.63, 3.8) is 0 Å². The molecule has 0 bridgehead atoms. The Hall–Kier alpha value is -4.86. The highest BCUT2D eigenvalue weighted by Crippen LogP contribution is 2.37. The van der Waals surface area contributed by atoms with E-state index < -0.39 is 42.6 Å². The van der Waals surface area contributed by atoms with Gasteiger partial charge in [-0.3, -0.25) is 39.0 Å². The average molecular weight is 698 g/mol. The topological polar surface area (TPSA) is 190 Å². The number of furan rings is 1. The van der Waals surface area contributed by atoms with Crippen molar-refractivity contribution in [2.75, 3.05) is 50.7 Å². The lowest BCUT2D eigenvalue weighted by Gasteiger charge is -2.39. The van der Waals surface area contributed by atoms with Crippen LogP contribution in [0.25, 0.3) is 11.0 Å². The Morgan fingerprint density at radius 2 is 1.65 bits per heavy atom. The zero-order chi connectivity index (χ0) is 35.8. The number of piperidine rings is 2. The molecule has 3 aliphatic heterocycles. The van der Waals surface area contributed by atoms with E-state index in [1.54, 1.807) is 18.2 Å². The molecule has 3 fully saturated rings. The van der Waals surface area contributed by atoms with Crippen LogP contribution in [0.4, 0.5) is 5.69 Å². The smallest absolute Gasteiger partial charge is 0.464 e. The number of carbonyl (C=O) groups is 6. The SMILES string of the molecule is O=C1CC[C@H](C2C(=O)c3ccc(N4CCN(CC5CCN(C(=O)C(=O)N[C@@H](Cc6coc7ccccc67)B(O)O)CC5)CC4)cc3C2=O)C(=O)N1. The summed E-state index contributed by atoms with van der Waals surface area (Å²) in [5.41, 5.74) is 2.84. The van der Waals surface area contributed by atoms with Crippen molar-refractivity contribution >= 4 is 59.0 Å². The highest BCUT2D eigenvalue weighted by Gasteiger charge is 2.47. The first kappa shape index (κ1) is 34.6. The molecule has 0 saturated carbocycles. The van der Waals surface area contributed by atoms with Crippen molar-refractivity contribution < 1.29 is 43.2 Å². The van der Waals surface area contributed by atoms with Crippen LogP contribution in [0.5, 0.6) is 0 Å². The van der Waals surface area contributed by atoms with Gasteiger partial charge in [0.15, 0.2) is 11.6 Å². The van der Waals surface area contributed by atoms with Gasteiger partial charge in [-0.2, -0.15) is 0 Å². The third-order valence-electron chi connectivity index (χ3n) is 10.8. The van der Waals surface area contributed by atoms with Gasteiger partial charge in [-0.05, 0) is 61.4 Å². The molecule has 4 amide bonds. The molecule has 14 nitrogen and oxygen atoms in total. The van der Waals surface area contributed by atoms with Gasteiger partial charge in [0.1, 0.15) is 5.58 Å². The van der Waals surface area contributed by atoms with Crippen molar-refractivity contribution in [2.24, 2.45) is 17.8 Å². The fourth-order valence-corrected chi connectivity index (χ4v) is 7.90. The highest BCUT2D eigenvalue weighted by atomic mass is 16.4. The summed E-state index contributed by atoms with van der Waals surface area (Å²) in [6.45, 7) is 4.74. The number of imide groups is 1. The predicted molar refractivity (Wildman–Crippen MR) is 184 cm³/mol. The van der Waals surface area contributed by atoms with Crippen molar-refractivity contribution in [3.8, 4) is 0 Å². The number of nitrogens with zero attached hydrogens (tertiary/aromatic N) is 3. The molecule has 4 aliphatic rings. The second kappa shape index (κ2) is 14.4. The molecule has 1 aliphatic carbocycles. The molecular formula is C36H40BN5O9. The summed E-state index contributed by atoms with van der Waals surface area (Å²) in [4.78, 5) is 82.4. The van der Waals surface area contributed by atoms with Crippen LogP contribution in [0.2, 0.25) is 0 Å². The lowest BCUT2D eigenvalue weighted by Crippen LogP contribution is -2.54. The predicted octanol–water partition coefficient (Wildman–Crippen LogP) is 0.581. The van der Waals surface area contributed by atoms with Crippen molar-refractivity contribution in [1.82, 2.24) is 20.4 Å². The number of likely N-dealkylation sites (tertiary alicyclic amines) is 1. The van der Waals surface area contributed by atoms with E-state index in [4.69, 9.17) is 4.42 Å². The largest absolute Gasteiger partial charge is 0.475 e. The van der Waals surface area contributed by atoms with E-state index >= 15 is 0 Å². The molecule has 4 heterocycles. The second-order valence-electron chi connectivity index (χ2n) is 14.0. The molecule has 7 rings (SSSR count). The number of piperazine rings is 1. The van der Waals surface area contributed by atoms with E-state index in [9.17, 15) is 38.8 Å². The fourth-order valence-electron chi connectivity index (χ4n) is 7.90. The van der Waals surface area contributed by atoms with E-state index in [1.165, 1.54) is 11.2 Å². The third-order valence-corrected chi connectivity index (χ3v) is 10.8. The van der Waals surface area contributed by atoms with E-state index in [0.717, 1.165) is 56.6 Å². The minimum absolute atomic E-state index is 0.0817. The maximum absolute atomic E-state index is 13.3. The molecule has 2 aromatic carbocycles. The van der Waals surface area contributed by atoms with Gasteiger partial charge in [-0.25, -0.2) is 0 Å². The van der Waals surface area contributed by atoms with E-state index in [0.29, 0.717) is 41.3 Å². The normalized spacial score (nSPS) is 22.2. The third kappa shape index (κ3) is 7.05. The van der Waals surface area contributed by atoms with Crippen LogP contribution in [0.3, 0.4) is 0 Å². The number of fused-ring (bicyclic) bond motifs is 2. The van der Waals surface area contributed by atoms with Gasteiger partial charge in [-0.15, -0.1) is 0 Å². The molecular weight excluding hydrogens is 657 g/mol. The van der Waals surface area contributed by atoms with Crippen molar-refractivity contribution in [3.05, 3.63) is 65.4 Å². The molecule has 3 saturated heterocycles. The van der Waals surface area contributed by atoms with Crippen molar-refractivity contribution in [1.29, 1.82) is 0 Å². The molecule has 1 aromatic heterocycles. The van der Waals surface area contributed by atoms with Crippen LogP contribution in [0.1, 0.15) is 52.0 Å². The Kier molecular flexibility index (Phi) is 9.77. The number of benzene rings is 2. The van der Waals surface area contributed by atoms with Gasteiger partial charge in [-0.1, -0.05) is 18.2 Å². The number of para-hydroxylation sites is 1. The second-order valence-corrected chi connectivity index (χ2v) is 14.0. The quantitative estimate of drug-likeness (QED) is 0.112. The zero-order valence-electron chi connectivity index (χ0n) is 28.1. The lowest BCUT2D eigenvalue weighted by molar-refractivity contribution is -0.147. The summed E-state index contributed by atoms with van der Waals surface area (Å²) in [6, 6.07) is 12.6. The van der Waals surface area contributed by atoms with Gasteiger partial charge in [0.2, 0.25) is 11.8 Å². The fraction of sp³-hybridized carbons (Fsp3) is 0.444. The van der Waals surface area contributed by atoms with Gasteiger partial charge >= 0.3 is 18.9 Å². The Labute approximate surface area is 294 Å². The van der Waals surface area contributed by atoms with E-state index in [-0.39, 0.29) is 36.7 Å². The number of rotatable bonds is 8. The Bertz CT molecular complexity index is 1880. The highest BCUT2D eigenvalue weighted by molar-refractivity contribution is 6.45. The summed E-state index contributed by atoms with van der Waals surface area (Å²) < 4.78 is 5.52. The van der Waals surface area contributed by atoms with Crippen LogP contribution in [-0.2, 0) is 25.6 Å². The Balaban J connectivity index is 0.870. The molecule has 3 aromatic rings. The number of nitrogens with one attached hydrogen (secondary N) is 2. The molecule has 0 radical (unpaired) electrons. The molecule has 1 unspecified atom stereocenters. The van der Waals surface area contributed by atoms with Gasteiger partial charge in [0.25, 0.3) is 0 Å². The maximum Gasteiger partial charge on any atom is 0.475 e. The van der Waals surface area contributed by atoms with Gasteiger partial charge in [0, 0.05) is 74.4 Å². The summed E-state index contributed by atoms with van der Waals surface area (Å²) in [5, 5.41) is 25.5. The average Bonchev–Trinajstić information content (AvgIpc) is 3.65. The maximum atomic E-state index is 13.3. The number of ketones is 2. The molecule has 0 spiro atoms. The van der Waals surface area contributed by atoms with Gasteiger partial charge in [0.05, 0.1) is 24.0 Å². The van der Waals surface area contributed by atoms with Gasteiger partial charge < -0.3 is 29.6 Å². The standard InChI is InChI=1S/C36H40BN5O9/c43-30-8-7-26(34(46)39-30)31-32(44)25-6-5-23(18-27(25)33(31)45)41-15-13-40(14-16-41)19-21-9-11-42(12-10-21)36(48)35(47)38-29(37(49)50)17-22-20-51-28-4-2-1-3-24(22)28/h1-6,18,20-21,26,29,31,49-50H,7-17,19H2,(H,38,47)(H,39,43,46)/t26-,29+,31?/m1/s1. The van der Waals surface area contributed by atoms with Crippen LogP contribution in [-0.4, -0.2) is 114 Å².